The summed E-state index contributed by atoms with van der Waals surface area (Å²) in [5, 5.41) is 4.63. The Morgan fingerprint density at radius 2 is 1.48 bits per heavy atom. The van der Waals surface area contributed by atoms with Gasteiger partial charge in [0.25, 0.3) is 0 Å². The number of hydrogen-bond acceptors (Lipinski definition) is 7. The third-order valence-corrected chi connectivity index (χ3v) is 2.55. The highest BCUT2D eigenvalue weighted by Crippen LogP contribution is 2.09. The van der Waals surface area contributed by atoms with Crippen molar-refractivity contribution in [2.24, 2.45) is 0 Å². The Labute approximate surface area is 159 Å². The van der Waals surface area contributed by atoms with Gasteiger partial charge in [-0.25, -0.2) is 14.4 Å². The molecule has 2 amide bonds. The lowest BCUT2D eigenvalue weighted by Crippen LogP contribution is -2.50. The van der Waals surface area contributed by atoms with E-state index in [1.165, 1.54) is 6.92 Å². The van der Waals surface area contributed by atoms with Gasteiger partial charge in [-0.3, -0.25) is 4.79 Å². The van der Waals surface area contributed by atoms with Gasteiger partial charge < -0.3 is 24.8 Å². The van der Waals surface area contributed by atoms with Crippen molar-refractivity contribution in [3.63, 3.8) is 0 Å². The molecule has 0 spiro atoms. The minimum Gasteiger partial charge on any atom is -0.460 e. The van der Waals surface area contributed by atoms with E-state index in [-0.39, 0.29) is 5.57 Å². The van der Waals surface area contributed by atoms with Crippen LogP contribution in [0.4, 0.5) is 4.79 Å². The zero-order valence-corrected chi connectivity index (χ0v) is 17.1. The minimum absolute atomic E-state index is 0.149. The molecule has 0 aromatic heterocycles. The molecule has 0 aromatic rings. The van der Waals surface area contributed by atoms with E-state index in [9.17, 15) is 19.2 Å². The number of alkyl carbamates (subject to hydrolysis) is 1. The van der Waals surface area contributed by atoms with Crippen LogP contribution in [0.1, 0.15) is 48.5 Å². The second-order valence-electron chi connectivity index (χ2n) is 7.89. The Morgan fingerprint density at radius 3 is 1.93 bits per heavy atom. The molecule has 0 aliphatic heterocycles. The molecule has 0 aromatic carbocycles. The molecule has 1 atom stereocenters. The van der Waals surface area contributed by atoms with Crippen molar-refractivity contribution >= 4 is 23.9 Å². The fourth-order valence-electron chi connectivity index (χ4n) is 1.54. The average molecular weight is 386 g/mol. The molecule has 0 rings (SSSR count). The van der Waals surface area contributed by atoms with Gasteiger partial charge in [0.15, 0.2) is 6.04 Å². The van der Waals surface area contributed by atoms with E-state index < -0.39 is 54.3 Å². The number of amides is 2. The van der Waals surface area contributed by atoms with E-state index in [1.807, 2.05) is 0 Å². The Bertz CT molecular complexity index is 585. The maximum Gasteiger partial charge on any atom is 0.408 e. The molecule has 0 aliphatic carbocycles. The monoisotopic (exact) mass is 386 g/mol. The molecule has 0 radical (unpaired) electrons. The Balaban J connectivity index is 4.83. The van der Waals surface area contributed by atoms with E-state index >= 15 is 0 Å². The number of rotatable bonds is 7. The average Bonchev–Trinajstić information content (AvgIpc) is 2.45. The molecule has 0 bridgehead atoms. The molecule has 0 saturated carbocycles. The molecule has 27 heavy (non-hydrogen) atoms. The van der Waals surface area contributed by atoms with Gasteiger partial charge in [0, 0.05) is 5.57 Å². The van der Waals surface area contributed by atoms with Crippen LogP contribution in [0, 0.1) is 0 Å². The van der Waals surface area contributed by atoms with Gasteiger partial charge in [-0.2, -0.15) is 0 Å². The maximum absolute atomic E-state index is 12.2. The molecule has 9 heteroatoms. The van der Waals surface area contributed by atoms with Crippen molar-refractivity contribution in [2.75, 3.05) is 13.2 Å². The molecule has 0 fully saturated rings. The topological polar surface area (TPSA) is 120 Å². The molecular weight excluding hydrogens is 356 g/mol. The molecule has 0 saturated heterocycles. The third kappa shape index (κ3) is 12.4. The van der Waals surface area contributed by atoms with Crippen LogP contribution in [-0.4, -0.2) is 54.3 Å². The number of hydrogen-bond donors (Lipinski definition) is 2. The second kappa shape index (κ2) is 9.94. The first-order chi connectivity index (χ1) is 12.1. The van der Waals surface area contributed by atoms with Gasteiger partial charge in [-0.15, -0.1) is 0 Å². The van der Waals surface area contributed by atoms with Crippen molar-refractivity contribution in [1.29, 1.82) is 0 Å². The second-order valence-corrected chi connectivity index (χ2v) is 7.89. The van der Waals surface area contributed by atoms with Crippen LogP contribution in [-0.2, 0) is 28.6 Å². The highest BCUT2D eigenvalue weighted by Gasteiger charge is 2.28. The summed E-state index contributed by atoms with van der Waals surface area (Å²) in [6, 6.07) is -1.24. The standard InChI is InChI=1S/C18H30N2O7/c1-11(2)14(22)25-10-12(15(23)26-17(3,4)5)20-13(21)9-19-16(24)27-18(6,7)8/h12H,1,9-10H2,2-8H3,(H,19,24)(H,20,21)/t12-/m0/s1. The van der Waals surface area contributed by atoms with E-state index in [2.05, 4.69) is 17.2 Å². The van der Waals surface area contributed by atoms with Gasteiger partial charge in [-0.1, -0.05) is 6.58 Å². The molecule has 0 aliphatic rings. The summed E-state index contributed by atoms with van der Waals surface area (Å²) >= 11 is 0. The number of nitrogens with one attached hydrogen (secondary N) is 2. The van der Waals surface area contributed by atoms with E-state index in [1.54, 1.807) is 41.5 Å². The van der Waals surface area contributed by atoms with Gasteiger partial charge in [0.05, 0.1) is 0 Å². The summed E-state index contributed by atoms with van der Waals surface area (Å²) in [4.78, 5) is 47.4. The summed E-state index contributed by atoms with van der Waals surface area (Å²) in [5.41, 5.74) is -1.36. The summed E-state index contributed by atoms with van der Waals surface area (Å²) in [6.07, 6.45) is -0.778. The predicted octanol–water partition coefficient (Wildman–Crippen LogP) is 1.46. The quantitative estimate of drug-likeness (QED) is 0.386. The van der Waals surface area contributed by atoms with E-state index in [0.29, 0.717) is 0 Å². The minimum atomic E-state index is -1.24. The smallest absolute Gasteiger partial charge is 0.408 e. The molecular formula is C18H30N2O7. The van der Waals surface area contributed by atoms with Crippen molar-refractivity contribution < 1.29 is 33.4 Å². The summed E-state index contributed by atoms with van der Waals surface area (Å²) in [6.45, 7) is 14.1. The number of carbonyl (C=O) groups excluding carboxylic acids is 4. The zero-order valence-electron chi connectivity index (χ0n) is 17.1. The first-order valence-electron chi connectivity index (χ1n) is 8.42. The SMILES string of the molecule is C=C(C)C(=O)OC[C@H](NC(=O)CNC(=O)OC(C)(C)C)C(=O)OC(C)(C)C. The Kier molecular flexibility index (Phi) is 8.99. The van der Waals surface area contributed by atoms with Gasteiger partial charge in [0.1, 0.15) is 24.4 Å². The Hall–Kier alpha value is -2.58. The fourth-order valence-corrected chi connectivity index (χ4v) is 1.54. The van der Waals surface area contributed by atoms with Crippen LogP contribution in [0.5, 0.6) is 0 Å². The molecule has 9 nitrogen and oxygen atoms in total. The van der Waals surface area contributed by atoms with Crippen LogP contribution < -0.4 is 10.6 Å². The first kappa shape index (κ1) is 24.4. The highest BCUT2D eigenvalue weighted by molar-refractivity contribution is 5.89. The van der Waals surface area contributed by atoms with Gasteiger partial charge in [0.2, 0.25) is 5.91 Å². The van der Waals surface area contributed by atoms with Gasteiger partial charge >= 0.3 is 18.0 Å². The summed E-state index contributed by atoms with van der Waals surface area (Å²) in [7, 11) is 0. The molecule has 0 heterocycles. The normalized spacial score (nSPS) is 12.4. The number of esters is 2. The van der Waals surface area contributed by atoms with Crippen molar-refractivity contribution in [2.45, 2.75) is 65.7 Å². The molecule has 0 unspecified atom stereocenters. The molecule has 2 N–H and O–H groups in total. The fraction of sp³-hybridized carbons (Fsp3) is 0.667. The molecule has 154 valence electrons. The van der Waals surface area contributed by atoms with Crippen LogP contribution in [0.2, 0.25) is 0 Å². The van der Waals surface area contributed by atoms with Crippen molar-refractivity contribution in [1.82, 2.24) is 10.6 Å². The van der Waals surface area contributed by atoms with Crippen LogP contribution in [0.15, 0.2) is 12.2 Å². The maximum atomic E-state index is 12.2. The lowest BCUT2D eigenvalue weighted by Gasteiger charge is -2.24. The van der Waals surface area contributed by atoms with E-state index in [0.717, 1.165) is 0 Å². The number of carbonyl (C=O) groups is 4. The van der Waals surface area contributed by atoms with Crippen LogP contribution in [0.3, 0.4) is 0 Å². The zero-order chi connectivity index (χ0) is 21.4. The van der Waals surface area contributed by atoms with Crippen molar-refractivity contribution in [3.05, 3.63) is 12.2 Å². The Morgan fingerprint density at radius 1 is 0.963 bits per heavy atom. The lowest BCUT2D eigenvalue weighted by molar-refractivity contribution is -0.161. The number of ether oxygens (including phenoxy) is 3. The van der Waals surface area contributed by atoms with Gasteiger partial charge in [-0.05, 0) is 48.5 Å². The van der Waals surface area contributed by atoms with Crippen molar-refractivity contribution in [3.8, 4) is 0 Å². The first-order valence-corrected chi connectivity index (χ1v) is 8.42. The third-order valence-electron chi connectivity index (χ3n) is 2.55. The predicted molar refractivity (Wildman–Crippen MR) is 97.8 cm³/mol. The summed E-state index contributed by atoms with van der Waals surface area (Å²) in [5.74, 6) is -2.16. The van der Waals surface area contributed by atoms with E-state index in [4.69, 9.17) is 14.2 Å². The van der Waals surface area contributed by atoms with Crippen LogP contribution in [0.25, 0.3) is 0 Å². The summed E-state index contributed by atoms with van der Waals surface area (Å²) < 4.78 is 15.1. The largest absolute Gasteiger partial charge is 0.460 e. The van der Waals surface area contributed by atoms with Crippen LogP contribution >= 0.6 is 0 Å². The lowest BCUT2D eigenvalue weighted by atomic mass is 10.2. The highest BCUT2D eigenvalue weighted by atomic mass is 16.6.